The lowest BCUT2D eigenvalue weighted by molar-refractivity contribution is -0.286. The summed E-state index contributed by atoms with van der Waals surface area (Å²) in [7, 11) is 0. The first-order valence-electron chi connectivity index (χ1n) is 9.79. The van der Waals surface area contributed by atoms with Crippen LogP contribution in [0.15, 0.2) is 48.7 Å². The van der Waals surface area contributed by atoms with Gasteiger partial charge < -0.3 is 15.2 Å². The summed E-state index contributed by atoms with van der Waals surface area (Å²) in [5.74, 6) is -0.129. The molecule has 1 aliphatic rings. The van der Waals surface area contributed by atoms with Crippen molar-refractivity contribution in [2.45, 2.75) is 26.2 Å². The predicted molar refractivity (Wildman–Crippen MR) is 110 cm³/mol. The normalized spacial score (nSPS) is 14.0. The minimum absolute atomic E-state index is 0.00682. The number of ether oxygens (including phenoxy) is 2. The van der Waals surface area contributed by atoms with Gasteiger partial charge >= 0.3 is 6.29 Å². The summed E-state index contributed by atoms with van der Waals surface area (Å²) in [6.45, 7) is 2.49. The Balaban J connectivity index is 1.43. The molecule has 162 valence electrons. The maximum atomic E-state index is 13.3. The molecule has 0 bridgehead atoms. The van der Waals surface area contributed by atoms with Crippen LogP contribution in [-0.2, 0) is 13.0 Å². The monoisotopic (exact) mass is 437 g/mol. The maximum Gasteiger partial charge on any atom is 0.586 e. The van der Waals surface area contributed by atoms with E-state index in [0.717, 1.165) is 17.8 Å². The molecule has 0 unspecified atom stereocenters. The predicted octanol–water partition coefficient (Wildman–Crippen LogP) is 3.31. The second-order valence-electron chi connectivity index (χ2n) is 7.10. The van der Waals surface area contributed by atoms with Gasteiger partial charge in [0.1, 0.15) is 5.69 Å². The molecule has 4 aromatic rings. The van der Waals surface area contributed by atoms with E-state index in [1.54, 1.807) is 23.0 Å². The number of aryl methyl sites for hydroxylation is 1. The fourth-order valence-electron chi connectivity index (χ4n) is 3.33. The van der Waals surface area contributed by atoms with E-state index in [-0.39, 0.29) is 17.4 Å². The van der Waals surface area contributed by atoms with Crippen molar-refractivity contribution in [2.75, 3.05) is 5.73 Å². The molecule has 0 saturated heterocycles. The zero-order valence-corrected chi connectivity index (χ0v) is 16.9. The van der Waals surface area contributed by atoms with Gasteiger partial charge in [-0.25, -0.2) is 14.6 Å². The Morgan fingerprint density at radius 1 is 0.938 bits per heavy atom. The Hall–Kier alpha value is -4.15. The topological polar surface area (TPSA) is 114 Å². The Kier molecular flexibility index (Phi) is 4.65. The molecule has 2 N–H and O–H groups in total. The molecule has 9 nitrogen and oxygen atoms in total. The van der Waals surface area contributed by atoms with Crippen molar-refractivity contribution in [1.29, 1.82) is 0 Å². The number of benzene rings is 1. The second-order valence-corrected chi connectivity index (χ2v) is 7.10. The van der Waals surface area contributed by atoms with E-state index in [1.807, 2.05) is 25.1 Å². The zero-order chi connectivity index (χ0) is 22.3. The lowest BCUT2D eigenvalue weighted by atomic mass is 10.1. The van der Waals surface area contributed by atoms with Gasteiger partial charge in [-0.15, -0.1) is 13.9 Å². The average Bonchev–Trinajstić information content (AvgIpc) is 3.35. The van der Waals surface area contributed by atoms with Gasteiger partial charge in [-0.3, -0.25) is 4.98 Å². The van der Waals surface area contributed by atoms with Crippen LogP contribution in [0, 0.1) is 0 Å². The third-order valence-corrected chi connectivity index (χ3v) is 4.79. The lowest BCUT2D eigenvalue weighted by Crippen LogP contribution is -2.25. The van der Waals surface area contributed by atoms with Crippen LogP contribution in [0.5, 0.6) is 11.5 Å². The molecule has 0 saturated carbocycles. The molecule has 0 aliphatic carbocycles. The first-order chi connectivity index (χ1) is 15.4. The second kappa shape index (κ2) is 7.52. The van der Waals surface area contributed by atoms with Crippen molar-refractivity contribution in [1.82, 2.24) is 29.9 Å². The van der Waals surface area contributed by atoms with Crippen molar-refractivity contribution >= 4 is 5.95 Å². The smallest absolute Gasteiger partial charge is 0.395 e. The third-order valence-electron chi connectivity index (χ3n) is 4.79. The minimum Gasteiger partial charge on any atom is -0.395 e. The Morgan fingerprint density at radius 2 is 1.72 bits per heavy atom. The summed E-state index contributed by atoms with van der Waals surface area (Å²) in [6.07, 6.45) is -1.12. The van der Waals surface area contributed by atoms with Crippen molar-refractivity contribution in [3.05, 3.63) is 60.0 Å². The number of nitrogens with zero attached hydrogens (tertiary/aromatic N) is 6. The molecule has 0 spiro atoms. The number of hydrogen-bond donors (Lipinski definition) is 1. The molecule has 0 atom stereocenters. The number of nitrogens with two attached hydrogens (primary N) is 1. The van der Waals surface area contributed by atoms with Gasteiger partial charge in [0.05, 0.1) is 29.8 Å². The largest absolute Gasteiger partial charge is 0.586 e. The van der Waals surface area contributed by atoms with Gasteiger partial charge in [0.15, 0.2) is 11.5 Å². The van der Waals surface area contributed by atoms with Crippen LogP contribution in [0.25, 0.3) is 22.6 Å². The van der Waals surface area contributed by atoms with Crippen molar-refractivity contribution in [2.24, 2.45) is 0 Å². The summed E-state index contributed by atoms with van der Waals surface area (Å²) in [6, 6.07) is 11.9. The van der Waals surface area contributed by atoms with E-state index in [4.69, 9.17) is 5.73 Å². The van der Waals surface area contributed by atoms with Gasteiger partial charge in [-0.05, 0) is 42.8 Å². The van der Waals surface area contributed by atoms with Crippen LogP contribution in [-0.4, -0.2) is 36.2 Å². The molecular weight excluding hydrogens is 420 g/mol. The van der Waals surface area contributed by atoms with E-state index >= 15 is 0 Å². The zero-order valence-electron chi connectivity index (χ0n) is 16.9. The van der Waals surface area contributed by atoms with Crippen LogP contribution in [0.4, 0.5) is 14.7 Å². The number of pyridine rings is 1. The SMILES string of the molecule is CCc1cccc(Cn2cc(-c3cc(-c4ccc5c(c4)OC(F)(F)O5)nc(N)n3)nn2)n1. The quantitative estimate of drug-likeness (QED) is 0.506. The Labute approximate surface area is 180 Å². The van der Waals surface area contributed by atoms with Crippen molar-refractivity contribution in [3.63, 3.8) is 0 Å². The lowest BCUT2D eigenvalue weighted by Gasteiger charge is -2.05. The highest BCUT2D eigenvalue weighted by molar-refractivity contribution is 5.69. The van der Waals surface area contributed by atoms with Crippen LogP contribution < -0.4 is 15.2 Å². The van der Waals surface area contributed by atoms with Crippen molar-refractivity contribution in [3.8, 4) is 34.1 Å². The third kappa shape index (κ3) is 3.92. The van der Waals surface area contributed by atoms with Gasteiger partial charge in [0.25, 0.3) is 0 Å². The highest BCUT2D eigenvalue weighted by atomic mass is 19.3. The number of alkyl halides is 2. The Bertz CT molecular complexity index is 1310. The molecular formula is C21H17F2N7O2. The number of aromatic nitrogens is 6. The van der Waals surface area contributed by atoms with E-state index in [2.05, 4.69) is 34.7 Å². The molecule has 0 amide bonds. The summed E-state index contributed by atoms with van der Waals surface area (Å²) in [5.41, 5.74) is 9.60. The molecule has 1 aromatic carbocycles. The first-order valence-corrected chi connectivity index (χ1v) is 9.79. The van der Waals surface area contributed by atoms with Gasteiger partial charge in [0, 0.05) is 11.3 Å². The number of anilines is 1. The number of nitrogen functional groups attached to an aromatic ring is 1. The van der Waals surface area contributed by atoms with Crippen LogP contribution in [0.3, 0.4) is 0 Å². The van der Waals surface area contributed by atoms with Crippen molar-refractivity contribution < 1.29 is 18.3 Å². The van der Waals surface area contributed by atoms with Gasteiger partial charge in [0.2, 0.25) is 5.95 Å². The molecule has 0 fully saturated rings. The van der Waals surface area contributed by atoms with Crippen LogP contribution in [0.2, 0.25) is 0 Å². The number of rotatable bonds is 5. The van der Waals surface area contributed by atoms with Gasteiger partial charge in [-0.2, -0.15) is 0 Å². The molecule has 5 rings (SSSR count). The summed E-state index contributed by atoms with van der Waals surface area (Å²) in [5, 5.41) is 8.32. The number of fused-ring (bicyclic) bond motifs is 1. The van der Waals surface area contributed by atoms with Gasteiger partial charge in [-0.1, -0.05) is 18.2 Å². The van der Waals surface area contributed by atoms with Crippen LogP contribution >= 0.6 is 0 Å². The van der Waals surface area contributed by atoms with E-state index in [1.165, 1.54) is 12.1 Å². The molecule has 11 heteroatoms. The summed E-state index contributed by atoms with van der Waals surface area (Å²) < 4.78 is 37.2. The fraction of sp³-hybridized carbons (Fsp3) is 0.190. The summed E-state index contributed by atoms with van der Waals surface area (Å²) in [4.78, 5) is 13.0. The molecule has 1 aliphatic heterocycles. The Morgan fingerprint density at radius 3 is 2.56 bits per heavy atom. The molecule has 4 heterocycles. The number of halogens is 2. The molecule has 3 aromatic heterocycles. The van der Waals surface area contributed by atoms with E-state index in [9.17, 15) is 8.78 Å². The average molecular weight is 437 g/mol. The highest BCUT2D eigenvalue weighted by Crippen LogP contribution is 2.42. The maximum absolute atomic E-state index is 13.3. The number of hydrogen-bond acceptors (Lipinski definition) is 8. The standard InChI is InChI=1S/C21H17F2N7O2/c1-2-13-4-3-5-14(25-13)10-30-11-17(28-29-30)16-9-15(26-20(24)27-16)12-6-7-18-19(8-12)32-21(22,23)31-18/h3-9,11H,2,10H2,1H3,(H2,24,26,27). The summed E-state index contributed by atoms with van der Waals surface area (Å²) >= 11 is 0. The first kappa shape index (κ1) is 19.8. The minimum atomic E-state index is -3.69. The van der Waals surface area contributed by atoms with Crippen LogP contribution in [0.1, 0.15) is 18.3 Å². The molecule has 0 radical (unpaired) electrons. The molecule has 32 heavy (non-hydrogen) atoms. The van der Waals surface area contributed by atoms with E-state index < -0.39 is 6.29 Å². The van der Waals surface area contributed by atoms with E-state index in [0.29, 0.717) is 29.2 Å². The highest BCUT2D eigenvalue weighted by Gasteiger charge is 2.43. The fourth-order valence-corrected chi connectivity index (χ4v) is 3.33.